The number of phenolic OH excluding ortho intramolecular Hbond substituents is 1. The predicted octanol–water partition coefficient (Wildman–Crippen LogP) is 0.689. The number of phenols is 1. The number of rotatable bonds is 1. The van der Waals surface area contributed by atoms with Gasteiger partial charge in [0, 0.05) is 6.42 Å². The number of esters is 1. The number of hydrogen-bond donors (Lipinski definition) is 3. The van der Waals surface area contributed by atoms with Gasteiger partial charge in [0.1, 0.15) is 28.9 Å². The maximum absolute atomic E-state index is 12.3. The van der Waals surface area contributed by atoms with Crippen molar-refractivity contribution in [2.24, 2.45) is 0 Å². The Balaban J connectivity index is 2.34. The number of hydrogen-bond acceptors (Lipinski definition) is 7. The smallest absolute Gasteiger partial charge is 0.358 e. The monoisotopic (exact) mass is 306 g/mol. The number of aliphatic hydroxyl groups excluding tert-OH is 2. The Morgan fingerprint density at radius 3 is 2.82 bits per heavy atom. The number of aliphatic hydroxyl groups is 2. The van der Waals surface area contributed by atoms with Gasteiger partial charge in [0.25, 0.3) is 5.60 Å². The van der Waals surface area contributed by atoms with Crippen LogP contribution in [-0.2, 0) is 14.3 Å². The van der Waals surface area contributed by atoms with Gasteiger partial charge in [-0.25, -0.2) is 4.79 Å². The maximum Gasteiger partial charge on any atom is 0.358 e. The van der Waals surface area contributed by atoms with E-state index in [9.17, 15) is 24.9 Å². The molecule has 2 aliphatic rings. The van der Waals surface area contributed by atoms with E-state index in [0.29, 0.717) is 0 Å². The van der Waals surface area contributed by atoms with Crippen LogP contribution in [0.1, 0.15) is 18.4 Å². The Morgan fingerprint density at radius 2 is 2.14 bits per heavy atom. The standard InChI is InChI=1S/C15H14O7/c1-21-14(20)15-10(18)6-5-8(17)12(15)13(19)11-7(16)3-2-4-9(11)22-15/h2-4,10,16,18-19H,5-6H2,1H3/t10-,15+/m1/s1. The van der Waals surface area contributed by atoms with Gasteiger partial charge in [0.2, 0.25) is 0 Å². The van der Waals surface area contributed by atoms with Crippen molar-refractivity contribution in [3.8, 4) is 11.5 Å². The van der Waals surface area contributed by atoms with Crippen molar-refractivity contribution >= 4 is 17.5 Å². The van der Waals surface area contributed by atoms with E-state index in [2.05, 4.69) is 4.74 Å². The Bertz CT molecular complexity index is 706. The third kappa shape index (κ3) is 1.66. The zero-order valence-electron chi connectivity index (χ0n) is 11.7. The summed E-state index contributed by atoms with van der Waals surface area (Å²) in [5, 5.41) is 30.6. The van der Waals surface area contributed by atoms with E-state index < -0.39 is 29.2 Å². The molecule has 0 aromatic heterocycles. The van der Waals surface area contributed by atoms with Crippen LogP contribution in [0.4, 0.5) is 0 Å². The molecular weight excluding hydrogens is 292 g/mol. The van der Waals surface area contributed by atoms with Crippen LogP contribution in [0.25, 0.3) is 5.76 Å². The van der Waals surface area contributed by atoms with Crippen molar-refractivity contribution in [3.05, 3.63) is 29.3 Å². The fourth-order valence-corrected chi connectivity index (χ4v) is 2.97. The molecule has 1 heterocycles. The molecule has 0 saturated heterocycles. The second-order valence-corrected chi connectivity index (χ2v) is 5.18. The summed E-state index contributed by atoms with van der Waals surface area (Å²) in [4.78, 5) is 24.5. The first-order valence-corrected chi connectivity index (χ1v) is 6.68. The lowest BCUT2D eigenvalue weighted by atomic mass is 9.74. The molecule has 0 unspecified atom stereocenters. The first-order chi connectivity index (χ1) is 10.4. The van der Waals surface area contributed by atoms with Crippen molar-refractivity contribution < 1.29 is 34.4 Å². The molecule has 0 radical (unpaired) electrons. The van der Waals surface area contributed by atoms with Crippen LogP contribution in [0, 0.1) is 0 Å². The number of carbonyl (C=O) groups excluding carboxylic acids is 2. The van der Waals surface area contributed by atoms with E-state index in [-0.39, 0.29) is 35.5 Å². The number of ketones is 1. The molecule has 2 atom stereocenters. The predicted molar refractivity (Wildman–Crippen MR) is 73.3 cm³/mol. The fourth-order valence-electron chi connectivity index (χ4n) is 2.97. The summed E-state index contributed by atoms with van der Waals surface area (Å²) in [7, 11) is 1.10. The molecule has 22 heavy (non-hydrogen) atoms. The molecular formula is C15H14O7. The van der Waals surface area contributed by atoms with Gasteiger partial charge in [0.15, 0.2) is 5.78 Å². The van der Waals surface area contributed by atoms with Crippen molar-refractivity contribution in [1.29, 1.82) is 0 Å². The average Bonchev–Trinajstić information content (AvgIpc) is 2.49. The third-order valence-electron chi connectivity index (χ3n) is 4.00. The number of methoxy groups -OCH3 is 1. The molecule has 1 aliphatic carbocycles. The molecule has 1 aromatic rings. The van der Waals surface area contributed by atoms with Gasteiger partial charge in [-0.3, -0.25) is 4.79 Å². The second-order valence-electron chi connectivity index (χ2n) is 5.18. The normalized spacial score (nSPS) is 26.8. The van der Waals surface area contributed by atoms with Crippen molar-refractivity contribution in [2.75, 3.05) is 7.11 Å². The summed E-state index contributed by atoms with van der Waals surface area (Å²) in [5.74, 6) is -2.41. The summed E-state index contributed by atoms with van der Waals surface area (Å²) in [6.45, 7) is 0. The molecule has 1 aliphatic heterocycles. The quantitative estimate of drug-likeness (QED) is 0.654. The lowest BCUT2D eigenvalue weighted by Crippen LogP contribution is -2.61. The highest BCUT2D eigenvalue weighted by atomic mass is 16.6. The molecule has 0 spiro atoms. The summed E-state index contributed by atoms with van der Waals surface area (Å²) in [6.07, 6.45) is -1.41. The van der Waals surface area contributed by atoms with Crippen LogP contribution < -0.4 is 4.74 Å². The molecule has 0 bridgehead atoms. The third-order valence-corrected chi connectivity index (χ3v) is 4.00. The Labute approximate surface area is 125 Å². The van der Waals surface area contributed by atoms with Gasteiger partial charge in [-0.15, -0.1) is 0 Å². The van der Waals surface area contributed by atoms with Crippen molar-refractivity contribution in [1.82, 2.24) is 0 Å². The van der Waals surface area contributed by atoms with Crippen molar-refractivity contribution in [2.45, 2.75) is 24.5 Å². The second kappa shape index (κ2) is 4.74. The lowest BCUT2D eigenvalue weighted by Gasteiger charge is -2.42. The van der Waals surface area contributed by atoms with Crippen LogP contribution in [0.5, 0.6) is 11.5 Å². The van der Waals surface area contributed by atoms with E-state index >= 15 is 0 Å². The van der Waals surface area contributed by atoms with E-state index in [1.54, 1.807) is 0 Å². The fraction of sp³-hybridized carbons (Fsp3) is 0.333. The lowest BCUT2D eigenvalue weighted by molar-refractivity contribution is -0.169. The van der Waals surface area contributed by atoms with Gasteiger partial charge in [0.05, 0.1) is 12.7 Å². The number of fused-ring (bicyclic) bond motifs is 2. The minimum atomic E-state index is -2.12. The highest BCUT2D eigenvalue weighted by molar-refractivity contribution is 6.12. The zero-order valence-corrected chi connectivity index (χ0v) is 11.7. The Kier molecular flexibility index (Phi) is 3.10. The summed E-state index contributed by atoms with van der Waals surface area (Å²) in [6, 6.07) is 4.18. The van der Waals surface area contributed by atoms with Crippen LogP contribution in [0.3, 0.4) is 0 Å². The first kappa shape index (κ1) is 14.4. The topological polar surface area (TPSA) is 113 Å². The van der Waals surface area contributed by atoms with Gasteiger partial charge in [-0.1, -0.05) is 6.07 Å². The van der Waals surface area contributed by atoms with E-state index in [1.807, 2.05) is 0 Å². The number of aromatic hydroxyl groups is 1. The van der Waals surface area contributed by atoms with E-state index in [0.717, 1.165) is 7.11 Å². The van der Waals surface area contributed by atoms with Gasteiger partial charge in [-0.05, 0) is 18.6 Å². The number of Topliss-reactive ketones (excluding diaryl/α,β-unsaturated/α-hetero) is 1. The number of carbonyl (C=O) groups is 2. The number of ether oxygens (including phenoxy) is 2. The molecule has 7 nitrogen and oxygen atoms in total. The van der Waals surface area contributed by atoms with Crippen LogP contribution >= 0.6 is 0 Å². The SMILES string of the molecule is COC(=O)[C@@]12Oc3cccc(O)c3C(O)=C1C(=O)CC[C@H]2O. The molecule has 3 N–H and O–H groups in total. The highest BCUT2D eigenvalue weighted by Gasteiger charge is 2.60. The van der Waals surface area contributed by atoms with Gasteiger partial charge < -0.3 is 24.8 Å². The van der Waals surface area contributed by atoms with Crippen LogP contribution in [0.15, 0.2) is 23.8 Å². The molecule has 3 rings (SSSR count). The summed E-state index contributed by atoms with van der Waals surface area (Å²) in [5.41, 5.74) is -2.58. The van der Waals surface area contributed by atoms with Gasteiger partial charge >= 0.3 is 5.97 Å². The number of benzene rings is 1. The molecule has 7 heteroatoms. The van der Waals surface area contributed by atoms with Crippen molar-refractivity contribution in [3.63, 3.8) is 0 Å². The molecule has 116 valence electrons. The van der Waals surface area contributed by atoms with E-state index in [1.165, 1.54) is 18.2 Å². The Morgan fingerprint density at radius 1 is 1.41 bits per heavy atom. The zero-order chi connectivity index (χ0) is 16.1. The minimum absolute atomic E-state index is 0.00113. The van der Waals surface area contributed by atoms with Crippen LogP contribution in [-0.4, -0.2) is 45.9 Å². The summed E-state index contributed by atoms with van der Waals surface area (Å²) >= 11 is 0. The minimum Gasteiger partial charge on any atom is -0.507 e. The van der Waals surface area contributed by atoms with E-state index in [4.69, 9.17) is 4.74 Å². The van der Waals surface area contributed by atoms with Crippen LogP contribution in [0.2, 0.25) is 0 Å². The molecule has 1 saturated carbocycles. The molecule has 0 amide bonds. The molecule has 1 fully saturated rings. The Hall–Kier alpha value is -2.54. The largest absolute Gasteiger partial charge is 0.507 e. The average molecular weight is 306 g/mol. The highest BCUT2D eigenvalue weighted by Crippen LogP contribution is 2.48. The first-order valence-electron chi connectivity index (χ1n) is 6.68. The van der Waals surface area contributed by atoms with Gasteiger partial charge in [-0.2, -0.15) is 0 Å². The summed E-state index contributed by atoms with van der Waals surface area (Å²) < 4.78 is 10.3. The maximum atomic E-state index is 12.3. The molecule has 1 aromatic carbocycles.